The molecule has 1 aliphatic heterocycles. The van der Waals surface area contributed by atoms with Crippen molar-refractivity contribution in [2.75, 3.05) is 6.61 Å². The molecule has 1 heterocycles. The molecule has 0 aromatic rings. The van der Waals surface area contributed by atoms with Gasteiger partial charge in [-0.25, -0.2) is 0 Å². The highest BCUT2D eigenvalue weighted by atomic mass is 16.3. The molecular weight excluding hydrogens is 106 g/mol. The van der Waals surface area contributed by atoms with Crippen molar-refractivity contribution in [3.8, 4) is 0 Å². The molecule has 0 aromatic heterocycles. The van der Waals surface area contributed by atoms with E-state index >= 15 is 0 Å². The van der Waals surface area contributed by atoms with Crippen molar-refractivity contribution in [2.24, 2.45) is 0 Å². The van der Waals surface area contributed by atoms with Crippen molar-refractivity contribution in [3.05, 3.63) is 0 Å². The molecular formula is C5H11NO2. The third-order valence-electron chi connectivity index (χ3n) is 1.60. The minimum atomic E-state index is -0.347. The Morgan fingerprint density at radius 2 is 2.25 bits per heavy atom. The van der Waals surface area contributed by atoms with Crippen molar-refractivity contribution in [1.29, 1.82) is 0 Å². The molecule has 3 atom stereocenters. The van der Waals surface area contributed by atoms with Gasteiger partial charge in [-0.05, 0) is 6.92 Å². The summed E-state index contributed by atoms with van der Waals surface area (Å²) in [7, 11) is 0. The van der Waals surface area contributed by atoms with Gasteiger partial charge in [-0.2, -0.15) is 0 Å². The zero-order chi connectivity index (χ0) is 6.15. The minimum absolute atomic E-state index is 0.0332. The molecule has 1 rings (SSSR count). The fourth-order valence-electron chi connectivity index (χ4n) is 0.925. The summed E-state index contributed by atoms with van der Waals surface area (Å²) >= 11 is 0. The van der Waals surface area contributed by atoms with Gasteiger partial charge < -0.3 is 15.5 Å². The second kappa shape index (κ2) is 2.01. The molecule has 0 aliphatic carbocycles. The number of hydrogen-bond donors (Lipinski definition) is 3. The molecule has 0 spiro atoms. The average Bonchev–Trinajstić information content (AvgIpc) is 1.81. The monoisotopic (exact) mass is 117 g/mol. The first-order chi connectivity index (χ1) is 3.75. The minimum Gasteiger partial charge on any atom is -0.395 e. The molecule has 1 fully saturated rings. The number of nitrogens with one attached hydrogen (secondary N) is 1. The van der Waals surface area contributed by atoms with E-state index in [1.165, 1.54) is 0 Å². The molecule has 3 heteroatoms. The SMILES string of the molecule is CC1NC(CO)C1O. The molecule has 1 aliphatic rings. The maximum atomic E-state index is 8.95. The van der Waals surface area contributed by atoms with Crippen LogP contribution in [0.5, 0.6) is 0 Å². The van der Waals surface area contributed by atoms with Crippen molar-refractivity contribution in [3.63, 3.8) is 0 Å². The summed E-state index contributed by atoms with van der Waals surface area (Å²) in [6.07, 6.45) is -0.347. The third kappa shape index (κ3) is 0.727. The average molecular weight is 117 g/mol. The van der Waals surface area contributed by atoms with E-state index in [-0.39, 0.29) is 24.8 Å². The molecule has 3 nitrogen and oxygen atoms in total. The van der Waals surface area contributed by atoms with Crippen LogP contribution in [0.25, 0.3) is 0 Å². The topological polar surface area (TPSA) is 52.5 Å². The lowest BCUT2D eigenvalue weighted by Crippen LogP contribution is -2.65. The first kappa shape index (κ1) is 6.01. The van der Waals surface area contributed by atoms with E-state index in [1.807, 2.05) is 6.92 Å². The Bertz CT molecular complexity index is 86.5. The Kier molecular flexibility index (Phi) is 1.51. The van der Waals surface area contributed by atoms with Crippen LogP contribution in [0.15, 0.2) is 0 Å². The Labute approximate surface area is 48.3 Å². The highest BCUT2D eigenvalue weighted by Crippen LogP contribution is 2.10. The molecule has 48 valence electrons. The van der Waals surface area contributed by atoms with Crippen molar-refractivity contribution in [2.45, 2.75) is 25.1 Å². The summed E-state index contributed by atoms with van der Waals surface area (Å²) in [5.41, 5.74) is 0. The van der Waals surface area contributed by atoms with Crippen LogP contribution < -0.4 is 5.32 Å². The van der Waals surface area contributed by atoms with Crippen LogP contribution in [0.2, 0.25) is 0 Å². The lowest BCUT2D eigenvalue weighted by molar-refractivity contribution is -0.00834. The van der Waals surface area contributed by atoms with E-state index in [2.05, 4.69) is 5.32 Å². The molecule has 8 heavy (non-hydrogen) atoms. The van der Waals surface area contributed by atoms with E-state index in [1.54, 1.807) is 0 Å². The summed E-state index contributed by atoms with van der Waals surface area (Å²) in [5.74, 6) is 0. The smallest absolute Gasteiger partial charge is 0.0865 e. The van der Waals surface area contributed by atoms with Crippen molar-refractivity contribution < 1.29 is 10.2 Å². The van der Waals surface area contributed by atoms with Crippen molar-refractivity contribution >= 4 is 0 Å². The molecule has 3 unspecified atom stereocenters. The third-order valence-corrected chi connectivity index (χ3v) is 1.60. The van der Waals surface area contributed by atoms with E-state index in [4.69, 9.17) is 10.2 Å². The predicted molar refractivity (Wildman–Crippen MR) is 29.5 cm³/mol. The number of aliphatic hydroxyl groups is 2. The molecule has 0 aromatic carbocycles. The van der Waals surface area contributed by atoms with Gasteiger partial charge in [-0.3, -0.25) is 0 Å². The summed E-state index contributed by atoms with van der Waals surface area (Å²) in [6, 6.07) is 0.0807. The number of aliphatic hydroxyl groups excluding tert-OH is 2. The highest BCUT2D eigenvalue weighted by Gasteiger charge is 2.34. The first-order valence-electron chi connectivity index (χ1n) is 2.80. The highest BCUT2D eigenvalue weighted by molar-refractivity contribution is 4.94. The molecule has 0 bridgehead atoms. The second-order valence-corrected chi connectivity index (χ2v) is 2.24. The Morgan fingerprint density at radius 1 is 1.62 bits per heavy atom. The van der Waals surface area contributed by atoms with Gasteiger partial charge in [0.2, 0.25) is 0 Å². The van der Waals surface area contributed by atoms with E-state index < -0.39 is 0 Å². The first-order valence-corrected chi connectivity index (χ1v) is 2.80. The van der Waals surface area contributed by atoms with Gasteiger partial charge >= 0.3 is 0 Å². The Hall–Kier alpha value is -0.120. The van der Waals surface area contributed by atoms with E-state index in [9.17, 15) is 0 Å². The zero-order valence-corrected chi connectivity index (χ0v) is 4.83. The Morgan fingerprint density at radius 3 is 2.38 bits per heavy atom. The lowest BCUT2D eigenvalue weighted by atomic mass is 9.95. The summed E-state index contributed by atoms with van der Waals surface area (Å²) < 4.78 is 0. The number of hydrogen-bond acceptors (Lipinski definition) is 3. The van der Waals surface area contributed by atoms with Crippen LogP contribution in [0.3, 0.4) is 0 Å². The van der Waals surface area contributed by atoms with Gasteiger partial charge in [0.1, 0.15) is 0 Å². The predicted octanol–water partition coefficient (Wildman–Crippen LogP) is -1.30. The van der Waals surface area contributed by atoms with Gasteiger partial charge in [-0.1, -0.05) is 0 Å². The van der Waals surface area contributed by atoms with Crippen LogP contribution in [-0.4, -0.2) is 35.0 Å². The van der Waals surface area contributed by atoms with Crippen LogP contribution in [-0.2, 0) is 0 Å². The molecule has 0 saturated carbocycles. The fraction of sp³-hybridized carbons (Fsp3) is 1.00. The molecule has 0 amide bonds. The van der Waals surface area contributed by atoms with Gasteiger partial charge in [0.15, 0.2) is 0 Å². The normalized spacial score (nSPS) is 46.1. The molecule has 1 saturated heterocycles. The standard InChI is InChI=1S/C5H11NO2/c1-3-5(8)4(2-7)6-3/h3-8H,2H2,1H3. The van der Waals surface area contributed by atoms with Gasteiger partial charge in [-0.15, -0.1) is 0 Å². The van der Waals surface area contributed by atoms with E-state index in [0.717, 1.165) is 0 Å². The summed E-state index contributed by atoms with van der Waals surface area (Å²) in [4.78, 5) is 0. The van der Waals surface area contributed by atoms with Crippen LogP contribution >= 0.6 is 0 Å². The molecule has 0 radical (unpaired) electrons. The van der Waals surface area contributed by atoms with Crippen LogP contribution in [0.4, 0.5) is 0 Å². The Balaban J connectivity index is 2.25. The van der Waals surface area contributed by atoms with Crippen LogP contribution in [0, 0.1) is 0 Å². The van der Waals surface area contributed by atoms with Gasteiger partial charge in [0.05, 0.1) is 18.8 Å². The quantitative estimate of drug-likeness (QED) is 0.400. The van der Waals surface area contributed by atoms with Crippen molar-refractivity contribution in [1.82, 2.24) is 5.32 Å². The molecule has 3 N–H and O–H groups in total. The zero-order valence-electron chi connectivity index (χ0n) is 4.83. The summed E-state index contributed by atoms with van der Waals surface area (Å²) in [5, 5.41) is 20.3. The fourth-order valence-corrected chi connectivity index (χ4v) is 0.925. The number of rotatable bonds is 1. The second-order valence-electron chi connectivity index (χ2n) is 2.24. The van der Waals surface area contributed by atoms with Gasteiger partial charge in [0.25, 0.3) is 0 Å². The maximum Gasteiger partial charge on any atom is 0.0865 e. The van der Waals surface area contributed by atoms with Gasteiger partial charge in [0, 0.05) is 6.04 Å². The lowest BCUT2D eigenvalue weighted by Gasteiger charge is -2.39. The van der Waals surface area contributed by atoms with E-state index in [0.29, 0.717) is 0 Å². The van der Waals surface area contributed by atoms with Crippen LogP contribution in [0.1, 0.15) is 6.92 Å². The summed E-state index contributed by atoms with van der Waals surface area (Å²) in [6.45, 7) is 1.92. The maximum absolute atomic E-state index is 8.95. The largest absolute Gasteiger partial charge is 0.395 e.